The zero-order valence-electron chi connectivity index (χ0n) is 25.9. The number of amides is 1. The summed E-state index contributed by atoms with van der Waals surface area (Å²) >= 11 is 0. The van der Waals surface area contributed by atoms with Crippen molar-refractivity contribution in [2.24, 2.45) is 0 Å². The minimum atomic E-state index is -0.841. The molecule has 242 valence electrons. The Morgan fingerprint density at radius 3 is 1.78 bits per heavy atom. The average molecular weight is 635 g/mol. The fourth-order valence-corrected chi connectivity index (χ4v) is 3.67. The summed E-state index contributed by atoms with van der Waals surface area (Å²) in [5, 5.41) is 0. The van der Waals surface area contributed by atoms with Crippen LogP contribution < -0.4 is 25.8 Å². The first-order chi connectivity index (χ1) is 21.9. The summed E-state index contributed by atoms with van der Waals surface area (Å²) in [7, 11) is 2.37. The highest BCUT2D eigenvalue weighted by atomic mass is 16.6. The maximum Gasteiger partial charge on any atom is 0.426 e. The van der Waals surface area contributed by atoms with Gasteiger partial charge in [0.25, 0.3) is 5.76 Å². The molecule has 2 aromatic heterocycles. The number of carbonyl (C=O) groups excluding carboxylic acids is 3. The molecule has 0 radical (unpaired) electrons. The van der Waals surface area contributed by atoms with Crippen LogP contribution in [-0.4, -0.2) is 42.5 Å². The number of rotatable bonds is 9. The lowest BCUT2D eigenvalue weighted by Gasteiger charge is -2.21. The third kappa shape index (κ3) is 10.1. The van der Waals surface area contributed by atoms with Gasteiger partial charge in [0.15, 0.2) is 11.4 Å². The largest absolute Gasteiger partial charge is 0.482 e. The molecule has 1 amide bonds. The monoisotopic (exact) mass is 634 g/mol. The van der Waals surface area contributed by atoms with Crippen LogP contribution in [0.15, 0.2) is 99.3 Å². The number of esters is 2. The molecule has 13 heteroatoms. The topological polar surface area (TPSA) is 162 Å². The van der Waals surface area contributed by atoms with Crippen LogP contribution in [0.25, 0.3) is 0 Å². The van der Waals surface area contributed by atoms with Gasteiger partial charge in [-0.05, 0) is 31.9 Å². The molecule has 2 aromatic carbocycles. The summed E-state index contributed by atoms with van der Waals surface area (Å²) < 4.78 is 31.4. The number of nitrogens with one attached hydrogen (secondary N) is 1. The van der Waals surface area contributed by atoms with Gasteiger partial charge in [0.05, 0.1) is 20.5 Å². The Morgan fingerprint density at radius 2 is 1.26 bits per heavy atom. The van der Waals surface area contributed by atoms with Crippen molar-refractivity contribution in [1.29, 1.82) is 0 Å². The number of ether oxygens (including phenoxy) is 5. The fourth-order valence-electron chi connectivity index (χ4n) is 3.67. The number of nitrogens with zero attached hydrogens (tertiary/aromatic N) is 1. The highest BCUT2D eigenvalue weighted by Gasteiger charge is 2.24. The van der Waals surface area contributed by atoms with E-state index in [9.17, 15) is 24.0 Å². The molecule has 13 nitrogen and oxygen atoms in total. The molecule has 2 heterocycles. The predicted octanol–water partition coefficient (Wildman–Crippen LogP) is 4.70. The maximum atomic E-state index is 12.3. The lowest BCUT2D eigenvalue weighted by atomic mass is 10.2. The van der Waals surface area contributed by atoms with E-state index in [1.165, 1.54) is 32.5 Å². The molecule has 1 N–H and O–H groups in total. The van der Waals surface area contributed by atoms with E-state index in [1.54, 1.807) is 20.8 Å². The molecule has 0 aliphatic carbocycles. The van der Waals surface area contributed by atoms with Crippen LogP contribution in [0.5, 0.6) is 11.5 Å². The van der Waals surface area contributed by atoms with Crippen LogP contribution >= 0.6 is 0 Å². The van der Waals surface area contributed by atoms with Crippen LogP contribution in [0.4, 0.5) is 4.79 Å². The quantitative estimate of drug-likeness (QED) is 0.201. The van der Waals surface area contributed by atoms with Gasteiger partial charge in [-0.2, -0.15) is 0 Å². The van der Waals surface area contributed by atoms with Crippen molar-refractivity contribution in [2.45, 2.75) is 39.6 Å². The van der Waals surface area contributed by atoms with Gasteiger partial charge in [-0.25, -0.2) is 24.5 Å². The van der Waals surface area contributed by atoms with E-state index in [0.29, 0.717) is 0 Å². The Hall–Kier alpha value is -5.85. The summed E-state index contributed by atoms with van der Waals surface area (Å²) in [6, 6.07) is 20.8. The average Bonchev–Trinajstić information content (AvgIpc) is 3.03. The molecule has 0 aliphatic heterocycles. The molecular weight excluding hydrogens is 600 g/mol. The molecule has 4 rings (SSSR count). The Morgan fingerprint density at radius 1 is 0.739 bits per heavy atom. The van der Waals surface area contributed by atoms with Crippen molar-refractivity contribution in [3.63, 3.8) is 0 Å². The molecule has 0 saturated heterocycles. The summed E-state index contributed by atoms with van der Waals surface area (Å²) in [6.07, 6.45) is 1.56. The van der Waals surface area contributed by atoms with E-state index in [0.717, 1.165) is 22.1 Å². The molecule has 0 aliphatic rings. The minimum Gasteiger partial charge on any atom is -0.482 e. The molecule has 46 heavy (non-hydrogen) atoms. The standard InChI is InChI=1S/C19H22N2O6.C14H12O5/c1-19(2,3)27-18(24)20-21-11-10-14(22)16(15(21)17(23)25-4)26-12-13-8-6-5-7-9-13;1-17-14(16)13-12(11(15)7-8-18-13)19-9-10-5-3-2-4-6-10/h5-11H,12H2,1-4H3,(H,20,24);2-8H,9H2,1H3. The number of hydrogen-bond donors (Lipinski definition) is 1. The van der Waals surface area contributed by atoms with Gasteiger partial charge in [0, 0.05) is 18.3 Å². The van der Waals surface area contributed by atoms with E-state index in [4.69, 9.17) is 23.4 Å². The van der Waals surface area contributed by atoms with Gasteiger partial charge in [0.1, 0.15) is 18.8 Å². The second kappa shape index (κ2) is 16.3. The Bertz CT molecular complexity index is 1740. The SMILES string of the molecule is COC(=O)c1c(OCc2ccccc2)c(=O)ccn1NC(=O)OC(C)(C)C.COC(=O)c1occc(=O)c1OCc1ccccc1. The van der Waals surface area contributed by atoms with Crippen LogP contribution in [0.2, 0.25) is 0 Å². The normalized spacial score (nSPS) is 10.5. The minimum absolute atomic E-state index is 0.0660. The smallest absolute Gasteiger partial charge is 0.426 e. The van der Waals surface area contributed by atoms with Crippen molar-refractivity contribution in [3.8, 4) is 11.5 Å². The Kier molecular flexibility index (Phi) is 12.3. The highest BCUT2D eigenvalue weighted by Crippen LogP contribution is 2.17. The number of carbonyl (C=O) groups is 3. The first-order valence-corrected chi connectivity index (χ1v) is 13.8. The van der Waals surface area contributed by atoms with Crippen molar-refractivity contribution in [2.75, 3.05) is 19.6 Å². The van der Waals surface area contributed by atoms with E-state index in [2.05, 4.69) is 10.2 Å². The van der Waals surface area contributed by atoms with Gasteiger partial charge in [-0.15, -0.1) is 0 Å². The second-order valence-corrected chi connectivity index (χ2v) is 10.3. The van der Waals surface area contributed by atoms with Gasteiger partial charge in [-0.3, -0.25) is 9.59 Å². The van der Waals surface area contributed by atoms with Crippen LogP contribution in [-0.2, 0) is 27.4 Å². The first kappa shape index (κ1) is 34.6. The first-order valence-electron chi connectivity index (χ1n) is 13.8. The number of pyridine rings is 1. The summed E-state index contributed by atoms with van der Waals surface area (Å²) in [6.45, 7) is 5.34. The lowest BCUT2D eigenvalue weighted by Crippen LogP contribution is -2.34. The van der Waals surface area contributed by atoms with E-state index in [-0.39, 0.29) is 36.2 Å². The number of aromatic nitrogens is 1. The molecular formula is C33H34N2O11. The zero-order chi connectivity index (χ0) is 33.7. The van der Waals surface area contributed by atoms with Crippen molar-refractivity contribution in [3.05, 3.63) is 128 Å². The van der Waals surface area contributed by atoms with Gasteiger partial charge < -0.3 is 28.1 Å². The molecule has 4 aromatic rings. The number of hydrogen-bond acceptors (Lipinski definition) is 11. The lowest BCUT2D eigenvalue weighted by molar-refractivity contribution is 0.0547. The van der Waals surface area contributed by atoms with Crippen molar-refractivity contribution >= 4 is 18.0 Å². The van der Waals surface area contributed by atoms with Crippen LogP contribution in [0, 0.1) is 0 Å². The molecule has 0 spiro atoms. The molecule has 0 atom stereocenters. The predicted molar refractivity (Wildman–Crippen MR) is 166 cm³/mol. The van der Waals surface area contributed by atoms with Gasteiger partial charge >= 0.3 is 18.0 Å². The molecule has 0 bridgehead atoms. The van der Waals surface area contributed by atoms with Gasteiger partial charge in [0.2, 0.25) is 16.6 Å². The highest BCUT2D eigenvalue weighted by molar-refractivity contribution is 5.91. The molecule has 0 saturated carbocycles. The maximum absolute atomic E-state index is 12.3. The zero-order valence-corrected chi connectivity index (χ0v) is 25.9. The van der Waals surface area contributed by atoms with E-state index in [1.807, 2.05) is 60.7 Å². The van der Waals surface area contributed by atoms with E-state index < -0.39 is 34.5 Å². The number of benzene rings is 2. The summed E-state index contributed by atoms with van der Waals surface area (Å²) in [5.41, 5.74) is 2.14. The summed E-state index contributed by atoms with van der Waals surface area (Å²) in [4.78, 5) is 59.7. The fraction of sp³-hybridized carbons (Fsp3) is 0.242. The van der Waals surface area contributed by atoms with Gasteiger partial charge in [-0.1, -0.05) is 60.7 Å². The van der Waals surface area contributed by atoms with Crippen LogP contribution in [0.1, 0.15) is 52.9 Å². The Balaban J connectivity index is 0.000000266. The number of methoxy groups -OCH3 is 2. The molecule has 0 fully saturated rings. The second-order valence-electron chi connectivity index (χ2n) is 10.3. The summed E-state index contributed by atoms with van der Waals surface area (Å²) in [5.74, 6) is -2.19. The third-order valence-electron chi connectivity index (χ3n) is 5.70. The third-order valence-corrected chi connectivity index (χ3v) is 5.70. The molecule has 0 unspecified atom stereocenters. The van der Waals surface area contributed by atoms with Crippen molar-refractivity contribution in [1.82, 2.24) is 4.68 Å². The van der Waals surface area contributed by atoms with E-state index >= 15 is 0 Å². The van der Waals surface area contributed by atoms with Crippen LogP contribution in [0.3, 0.4) is 0 Å². The van der Waals surface area contributed by atoms with Crippen molar-refractivity contribution < 1.29 is 42.5 Å². The Labute approximate surface area is 264 Å².